The Morgan fingerprint density at radius 1 is 1.04 bits per heavy atom. The molecule has 1 unspecified atom stereocenters. The van der Waals surface area contributed by atoms with Crippen molar-refractivity contribution in [1.82, 2.24) is 9.62 Å². The fourth-order valence-corrected chi connectivity index (χ4v) is 3.45. The second-order valence-corrected chi connectivity index (χ2v) is 7.59. The maximum atomic E-state index is 12.5. The number of benzene rings is 2. The van der Waals surface area contributed by atoms with Gasteiger partial charge in [0.25, 0.3) is 0 Å². The van der Waals surface area contributed by atoms with Crippen molar-refractivity contribution in [3.8, 4) is 0 Å². The molecule has 7 heteroatoms. The first kappa shape index (κ1) is 21.3. The number of ketones is 1. The van der Waals surface area contributed by atoms with Gasteiger partial charge in [0.2, 0.25) is 10.0 Å². The highest BCUT2D eigenvalue weighted by Crippen LogP contribution is 2.18. The Labute approximate surface area is 155 Å². The fraction of sp³-hybridized carbons (Fsp3) is 0.278. The Morgan fingerprint density at radius 3 is 2.08 bits per heavy atom. The number of rotatable bonds is 7. The molecule has 1 N–H and O–H groups in total. The minimum absolute atomic E-state index is 0. The molecule has 5 nitrogen and oxygen atoms in total. The molecule has 0 radical (unpaired) electrons. The van der Waals surface area contributed by atoms with E-state index in [9.17, 15) is 13.2 Å². The Hall–Kier alpha value is -1.73. The van der Waals surface area contributed by atoms with Crippen molar-refractivity contribution in [3.63, 3.8) is 0 Å². The molecule has 1 atom stereocenters. The average Bonchev–Trinajstić information content (AvgIpc) is 2.55. The number of hydrogen-bond donors (Lipinski definition) is 1. The first-order valence-electron chi connectivity index (χ1n) is 7.63. The summed E-state index contributed by atoms with van der Waals surface area (Å²) in [6.07, 6.45) is 0. The third kappa shape index (κ3) is 5.64. The van der Waals surface area contributed by atoms with Crippen molar-refractivity contribution in [3.05, 3.63) is 65.7 Å². The van der Waals surface area contributed by atoms with Crippen LogP contribution < -0.4 is 4.72 Å². The monoisotopic (exact) mass is 382 g/mol. The topological polar surface area (TPSA) is 66.5 Å². The van der Waals surface area contributed by atoms with Gasteiger partial charge in [-0.25, -0.2) is 13.1 Å². The number of nitrogens with zero attached hydrogens (tertiary/aromatic N) is 1. The summed E-state index contributed by atoms with van der Waals surface area (Å²) in [5, 5.41) is 0. The number of carbonyl (C=O) groups is 1. The van der Waals surface area contributed by atoms with Gasteiger partial charge in [0.1, 0.15) is 0 Å². The van der Waals surface area contributed by atoms with Crippen LogP contribution in [0.3, 0.4) is 0 Å². The van der Waals surface area contributed by atoms with Crippen molar-refractivity contribution in [2.75, 3.05) is 20.6 Å². The second-order valence-electron chi connectivity index (χ2n) is 5.82. The van der Waals surface area contributed by atoms with Crippen LogP contribution in [-0.4, -0.2) is 39.7 Å². The molecule has 0 aliphatic carbocycles. The van der Waals surface area contributed by atoms with E-state index in [4.69, 9.17) is 0 Å². The lowest BCUT2D eigenvalue weighted by Crippen LogP contribution is -2.34. The molecule has 2 aromatic carbocycles. The molecule has 0 bridgehead atoms. The summed E-state index contributed by atoms with van der Waals surface area (Å²) < 4.78 is 27.6. The molecule has 136 valence electrons. The van der Waals surface area contributed by atoms with E-state index in [-0.39, 0.29) is 35.7 Å². The quantitative estimate of drug-likeness (QED) is 0.748. The maximum Gasteiger partial charge on any atom is 0.240 e. The number of likely N-dealkylation sites (N-methyl/N-ethyl adjacent to an activating group) is 1. The number of halogens is 1. The molecule has 25 heavy (non-hydrogen) atoms. The highest BCUT2D eigenvalue weighted by Gasteiger charge is 2.19. The first-order valence-corrected chi connectivity index (χ1v) is 9.11. The molecule has 0 spiro atoms. The van der Waals surface area contributed by atoms with Gasteiger partial charge in [0.05, 0.1) is 4.90 Å². The number of carbonyl (C=O) groups excluding carboxylic acids is 1. The predicted octanol–water partition coefficient (Wildman–Crippen LogP) is 2.89. The van der Waals surface area contributed by atoms with Gasteiger partial charge in [-0.2, -0.15) is 0 Å². The van der Waals surface area contributed by atoms with Crippen LogP contribution in [-0.2, 0) is 10.0 Å². The minimum atomic E-state index is -3.63. The number of sulfonamides is 1. The molecule has 0 amide bonds. The zero-order chi connectivity index (χ0) is 17.7. The van der Waals surface area contributed by atoms with Gasteiger partial charge in [-0.3, -0.25) is 4.79 Å². The molecule has 2 rings (SSSR count). The summed E-state index contributed by atoms with van der Waals surface area (Å²) in [5.74, 6) is -0.0938. The molecular formula is C18H23ClN2O3S. The summed E-state index contributed by atoms with van der Waals surface area (Å²) in [6.45, 7) is 1.71. The van der Waals surface area contributed by atoms with Crippen molar-refractivity contribution in [2.45, 2.75) is 17.9 Å². The summed E-state index contributed by atoms with van der Waals surface area (Å²) in [7, 11) is 0.193. The van der Waals surface area contributed by atoms with Gasteiger partial charge in [-0.05, 0) is 38.7 Å². The number of hydrogen-bond acceptors (Lipinski definition) is 4. The standard InChI is InChI=1S/C18H22N2O3S.ClH/c1-14(21)15-9-11-17(12-10-15)24(22,23)19-13-18(20(2)3)16-7-5-4-6-8-16;/h4-12,18-19H,13H2,1-3H3;1H. The average molecular weight is 383 g/mol. The second kappa shape index (κ2) is 9.10. The third-order valence-corrected chi connectivity index (χ3v) is 5.29. The molecule has 0 aliphatic heterocycles. The zero-order valence-corrected chi connectivity index (χ0v) is 16.1. The lowest BCUT2D eigenvalue weighted by Gasteiger charge is -2.25. The highest BCUT2D eigenvalue weighted by atomic mass is 35.5. The van der Waals surface area contributed by atoms with Crippen molar-refractivity contribution in [2.24, 2.45) is 0 Å². The van der Waals surface area contributed by atoms with Crippen LogP contribution in [0.5, 0.6) is 0 Å². The summed E-state index contributed by atoms with van der Waals surface area (Å²) in [4.78, 5) is 13.4. The van der Waals surface area contributed by atoms with Crippen LogP contribution in [0.25, 0.3) is 0 Å². The van der Waals surface area contributed by atoms with Crippen LogP contribution >= 0.6 is 12.4 Å². The zero-order valence-electron chi connectivity index (χ0n) is 14.5. The van der Waals surface area contributed by atoms with Gasteiger partial charge in [-0.15, -0.1) is 12.4 Å². The lowest BCUT2D eigenvalue weighted by molar-refractivity contribution is 0.101. The third-order valence-electron chi connectivity index (χ3n) is 3.85. The van der Waals surface area contributed by atoms with Crippen LogP contribution in [0, 0.1) is 0 Å². The number of nitrogens with one attached hydrogen (secondary N) is 1. The molecule has 2 aromatic rings. The van der Waals surface area contributed by atoms with E-state index >= 15 is 0 Å². The van der Waals surface area contributed by atoms with E-state index < -0.39 is 10.0 Å². The molecule has 0 saturated heterocycles. The van der Waals surface area contributed by atoms with Gasteiger partial charge in [-0.1, -0.05) is 42.5 Å². The van der Waals surface area contributed by atoms with E-state index in [2.05, 4.69) is 4.72 Å². The van der Waals surface area contributed by atoms with E-state index in [1.807, 2.05) is 49.3 Å². The predicted molar refractivity (Wildman–Crippen MR) is 102 cm³/mol. The summed E-state index contributed by atoms with van der Waals surface area (Å²) in [6, 6.07) is 15.6. The largest absolute Gasteiger partial charge is 0.301 e. The minimum Gasteiger partial charge on any atom is -0.301 e. The summed E-state index contributed by atoms with van der Waals surface area (Å²) in [5.41, 5.74) is 1.53. The summed E-state index contributed by atoms with van der Waals surface area (Å²) >= 11 is 0. The molecule has 0 heterocycles. The van der Waals surface area contributed by atoms with Crippen LogP contribution in [0.2, 0.25) is 0 Å². The Balaban J connectivity index is 0.00000312. The fourth-order valence-electron chi connectivity index (χ4n) is 2.41. The van der Waals surface area contributed by atoms with Gasteiger partial charge >= 0.3 is 0 Å². The highest BCUT2D eigenvalue weighted by molar-refractivity contribution is 7.89. The van der Waals surface area contributed by atoms with Gasteiger partial charge in [0.15, 0.2) is 5.78 Å². The Kier molecular flexibility index (Phi) is 7.76. The lowest BCUT2D eigenvalue weighted by atomic mass is 10.1. The first-order chi connectivity index (χ1) is 11.3. The number of Topliss-reactive ketones (excluding diaryl/α,β-unsaturated/α-hetero) is 1. The van der Waals surface area contributed by atoms with Gasteiger partial charge in [0, 0.05) is 18.2 Å². The molecule has 0 saturated carbocycles. The van der Waals surface area contributed by atoms with E-state index in [0.29, 0.717) is 5.56 Å². The Bertz CT molecular complexity index is 791. The molecule has 0 aliphatic rings. The SMILES string of the molecule is CC(=O)c1ccc(S(=O)(=O)NCC(c2ccccc2)N(C)C)cc1.Cl. The molecule has 0 fully saturated rings. The normalized spacial score (nSPS) is 12.5. The Morgan fingerprint density at radius 2 is 1.60 bits per heavy atom. The van der Waals surface area contributed by atoms with Crippen LogP contribution in [0.4, 0.5) is 0 Å². The molecule has 0 aromatic heterocycles. The maximum absolute atomic E-state index is 12.5. The van der Waals surface area contributed by atoms with Crippen LogP contribution in [0.15, 0.2) is 59.5 Å². The van der Waals surface area contributed by atoms with Crippen LogP contribution in [0.1, 0.15) is 28.9 Å². The van der Waals surface area contributed by atoms with E-state index in [1.54, 1.807) is 0 Å². The van der Waals surface area contributed by atoms with E-state index in [1.165, 1.54) is 31.2 Å². The van der Waals surface area contributed by atoms with Crippen molar-refractivity contribution < 1.29 is 13.2 Å². The smallest absolute Gasteiger partial charge is 0.240 e. The van der Waals surface area contributed by atoms with Crippen molar-refractivity contribution >= 4 is 28.2 Å². The van der Waals surface area contributed by atoms with E-state index in [0.717, 1.165) is 5.56 Å². The van der Waals surface area contributed by atoms with Gasteiger partial charge < -0.3 is 4.90 Å². The molecular weight excluding hydrogens is 360 g/mol. The van der Waals surface area contributed by atoms with Crippen molar-refractivity contribution in [1.29, 1.82) is 0 Å².